The minimum Gasteiger partial charge on any atom is -0.377 e. The maximum atomic E-state index is 12.5. The Morgan fingerprint density at radius 3 is 2.95 bits per heavy atom. The summed E-state index contributed by atoms with van der Waals surface area (Å²) in [6.07, 6.45) is 7.53. The highest BCUT2D eigenvalue weighted by molar-refractivity contribution is 7.99. The number of amides is 1. The smallest absolute Gasteiger partial charge is 0.233 e. The molecule has 0 aromatic heterocycles. The van der Waals surface area contributed by atoms with Crippen LogP contribution in [0.5, 0.6) is 0 Å². The van der Waals surface area contributed by atoms with Crippen LogP contribution in [-0.4, -0.2) is 60.2 Å². The van der Waals surface area contributed by atoms with Crippen LogP contribution < -0.4 is 5.32 Å². The second-order valence-corrected chi connectivity index (χ2v) is 7.21. The van der Waals surface area contributed by atoms with Crippen LogP contribution in [0.2, 0.25) is 0 Å². The third-order valence-corrected chi connectivity index (χ3v) is 5.80. The van der Waals surface area contributed by atoms with E-state index in [0.717, 1.165) is 31.9 Å². The van der Waals surface area contributed by atoms with Gasteiger partial charge in [0.2, 0.25) is 5.91 Å². The van der Waals surface area contributed by atoms with Gasteiger partial charge >= 0.3 is 0 Å². The topological polar surface area (TPSA) is 41.6 Å². The first-order valence-electron chi connectivity index (χ1n) is 8.06. The fourth-order valence-corrected chi connectivity index (χ4v) is 4.65. The van der Waals surface area contributed by atoms with E-state index in [1.165, 1.54) is 32.1 Å². The molecule has 114 valence electrons. The molecular formula is C15H26N2O2S. The van der Waals surface area contributed by atoms with Gasteiger partial charge in [-0.15, -0.1) is 11.8 Å². The summed E-state index contributed by atoms with van der Waals surface area (Å²) in [5, 5.41) is 3.45. The SMILES string of the molecule is O=C(CSCC1CCCCO1)N1C2CCNCC1CC2. The van der Waals surface area contributed by atoms with Gasteiger partial charge in [-0.1, -0.05) is 0 Å². The number of ether oxygens (including phenoxy) is 1. The molecule has 20 heavy (non-hydrogen) atoms. The molecule has 3 heterocycles. The summed E-state index contributed by atoms with van der Waals surface area (Å²) in [6, 6.07) is 0.940. The van der Waals surface area contributed by atoms with Gasteiger partial charge in [0.05, 0.1) is 11.9 Å². The van der Waals surface area contributed by atoms with Crippen LogP contribution in [0, 0.1) is 0 Å². The van der Waals surface area contributed by atoms with E-state index >= 15 is 0 Å². The monoisotopic (exact) mass is 298 g/mol. The first kappa shape index (κ1) is 14.7. The Hall–Kier alpha value is -0.260. The molecule has 3 fully saturated rings. The maximum Gasteiger partial charge on any atom is 0.233 e. The molecule has 3 rings (SSSR count). The molecule has 1 N–H and O–H groups in total. The van der Waals surface area contributed by atoms with E-state index in [0.29, 0.717) is 29.8 Å². The summed E-state index contributed by atoms with van der Waals surface area (Å²) in [6.45, 7) is 2.95. The zero-order chi connectivity index (χ0) is 13.8. The normalized spacial score (nSPS) is 34.0. The van der Waals surface area contributed by atoms with Gasteiger partial charge in [-0.25, -0.2) is 0 Å². The van der Waals surface area contributed by atoms with Crippen molar-refractivity contribution in [3.05, 3.63) is 0 Å². The van der Waals surface area contributed by atoms with Crippen molar-refractivity contribution in [2.75, 3.05) is 31.2 Å². The van der Waals surface area contributed by atoms with Gasteiger partial charge in [0.1, 0.15) is 0 Å². The van der Waals surface area contributed by atoms with Crippen molar-refractivity contribution in [3.63, 3.8) is 0 Å². The van der Waals surface area contributed by atoms with E-state index in [1.807, 2.05) is 0 Å². The third kappa shape index (κ3) is 3.49. The lowest BCUT2D eigenvalue weighted by atomic mass is 10.1. The number of carbonyl (C=O) groups is 1. The van der Waals surface area contributed by atoms with Gasteiger partial charge in [-0.05, 0) is 45.1 Å². The zero-order valence-corrected chi connectivity index (χ0v) is 13.0. The summed E-state index contributed by atoms with van der Waals surface area (Å²) >= 11 is 1.76. The number of hydrogen-bond acceptors (Lipinski definition) is 4. The predicted octanol–water partition coefficient (Wildman–Crippen LogP) is 1.64. The van der Waals surface area contributed by atoms with Gasteiger partial charge < -0.3 is 15.0 Å². The number of nitrogens with zero attached hydrogens (tertiary/aromatic N) is 1. The van der Waals surface area contributed by atoms with Gasteiger partial charge in [-0.2, -0.15) is 0 Å². The standard InChI is InChI=1S/C15H26N2O2S/c18-15(11-20-10-14-3-1-2-8-19-14)17-12-4-5-13(17)9-16-7-6-12/h12-14,16H,1-11H2. The first-order chi connectivity index (χ1) is 9.84. The molecule has 5 heteroatoms. The Bertz CT molecular complexity index is 320. The highest BCUT2D eigenvalue weighted by Gasteiger charge is 2.37. The van der Waals surface area contributed by atoms with E-state index in [9.17, 15) is 4.79 Å². The molecule has 1 amide bonds. The van der Waals surface area contributed by atoms with E-state index in [-0.39, 0.29) is 0 Å². The molecule has 3 atom stereocenters. The Balaban J connectivity index is 1.44. The average molecular weight is 298 g/mol. The van der Waals surface area contributed by atoms with Crippen LogP contribution >= 0.6 is 11.8 Å². The van der Waals surface area contributed by atoms with Crippen molar-refractivity contribution in [2.24, 2.45) is 0 Å². The molecule has 0 spiro atoms. The average Bonchev–Trinajstić information content (AvgIpc) is 2.73. The zero-order valence-electron chi connectivity index (χ0n) is 12.2. The minimum atomic E-state index is 0.349. The van der Waals surface area contributed by atoms with Crippen LogP contribution in [-0.2, 0) is 9.53 Å². The maximum absolute atomic E-state index is 12.5. The number of nitrogens with one attached hydrogen (secondary N) is 1. The van der Waals surface area contributed by atoms with Crippen LogP contribution in [0.25, 0.3) is 0 Å². The summed E-state index contributed by atoms with van der Waals surface area (Å²) in [5.74, 6) is 1.96. The lowest BCUT2D eigenvalue weighted by Gasteiger charge is -2.28. The second kappa shape index (κ2) is 7.14. The molecule has 0 aromatic rings. The molecule has 0 radical (unpaired) electrons. The molecule has 3 saturated heterocycles. The molecule has 0 aromatic carbocycles. The fraction of sp³-hybridized carbons (Fsp3) is 0.933. The highest BCUT2D eigenvalue weighted by Crippen LogP contribution is 2.28. The van der Waals surface area contributed by atoms with E-state index in [4.69, 9.17) is 4.74 Å². The van der Waals surface area contributed by atoms with Crippen LogP contribution in [0.3, 0.4) is 0 Å². The van der Waals surface area contributed by atoms with Crippen LogP contribution in [0.15, 0.2) is 0 Å². The number of fused-ring (bicyclic) bond motifs is 2. The predicted molar refractivity (Wildman–Crippen MR) is 82.1 cm³/mol. The largest absolute Gasteiger partial charge is 0.377 e. The lowest BCUT2D eigenvalue weighted by molar-refractivity contribution is -0.130. The summed E-state index contributed by atoms with van der Waals surface area (Å²) in [4.78, 5) is 14.7. The van der Waals surface area contributed by atoms with Gasteiger partial charge in [-0.3, -0.25) is 4.79 Å². The Morgan fingerprint density at radius 1 is 1.20 bits per heavy atom. The summed E-state index contributed by atoms with van der Waals surface area (Å²) < 4.78 is 5.72. The quantitative estimate of drug-likeness (QED) is 0.857. The van der Waals surface area contributed by atoms with Crippen molar-refractivity contribution in [1.29, 1.82) is 0 Å². The van der Waals surface area contributed by atoms with Gasteiger partial charge in [0, 0.05) is 31.0 Å². The first-order valence-corrected chi connectivity index (χ1v) is 9.21. The van der Waals surface area contributed by atoms with Crippen molar-refractivity contribution >= 4 is 17.7 Å². The highest BCUT2D eigenvalue weighted by atomic mass is 32.2. The third-order valence-electron chi connectivity index (χ3n) is 4.75. The molecule has 3 unspecified atom stereocenters. The van der Waals surface area contributed by atoms with Crippen molar-refractivity contribution in [1.82, 2.24) is 10.2 Å². The number of rotatable bonds is 4. The molecule has 0 aliphatic carbocycles. The molecule has 3 aliphatic heterocycles. The van der Waals surface area contributed by atoms with Crippen molar-refractivity contribution in [3.8, 4) is 0 Å². The molecular weight excluding hydrogens is 272 g/mol. The second-order valence-electron chi connectivity index (χ2n) is 6.18. The molecule has 3 aliphatic rings. The van der Waals surface area contributed by atoms with Crippen LogP contribution in [0.1, 0.15) is 38.5 Å². The molecule has 2 bridgehead atoms. The summed E-state index contributed by atoms with van der Waals surface area (Å²) in [7, 11) is 0. The van der Waals surface area contributed by atoms with E-state index in [1.54, 1.807) is 11.8 Å². The number of thioether (sulfide) groups is 1. The molecule has 4 nitrogen and oxygen atoms in total. The fourth-order valence-electron chi connectivity index (χ4n) is 3.68. The Morgan fingerprint density at radius 2 is 2.10 bits per heavy atom. The van der Waals surface area contributed by atoms with E-state index < -0.39 is 0 Å². The van der Waals surface area contributed by atoms with E-state index in [2.05, 4.69) is 10.2 Å². The van der Waals surface area contributed by atoms with Crippen molar-refractivity contribution in [2.45, 2.75) is 56.7 Å². The van der Waals surface area contributed by atoms with Gasteiger partial charge in [0.25, 0.3) is 0 Å². The molecule has 0 saturated carbocycles. The Labute approximate surface area is 126 Å². The lowest BCUT2D eigenvalue weighted by Crippen LogP contribution is -2.43. The number of hydrogen-bond donors (Lipinski definition) is 1. The van der Waals surface area contributed by atoms with Crippen LogP contribution in [0.4, 0.5) is 0 Å². The number of carbonyl (C=O) groups excluding carboxylic acids is 1. The van der Waals surface area contributed by atoms with Crippen molar-refractivity contribution < 1.29 is 9.53 Å². The minimum absolute atomic E-state index is 0.349. The Kier molecular flexibility index (Phi) is 5.24. The summed E-state index contributed by atoms with van der Waals surface area (Å²) in [5.41, 5.74) is 0. The van der Waals surface area contributed by atoms with Gasteiger partial charge in [0.15, 0.2) is 0 Å².